The number of unbranched alkanes of at least 4 members (excludes halogenated alkanes) is 1. The van der Waals surface area contributed by atoms with E-state index in [0.717, 1.165) is 44.2 Å². The fourth-order valence-electron chi connectivity index (χ4n) is 2.68. The fraction of sp³-hybridized carbons (Fsp3) is 0.556. The Bertz CT molecular complexity index is 631. The number of nitrogens with zero attached hydrogens (tertiary/aromatic N) is 3. The summed E-state index contributed by atoms with van der Waals surface area (Å²) in [7, 11) is 0. The maximum atomic E-state index is 9.07. The van der Waals surface area contributed by atoms with E-state index in [9.17, 15) is 0 Å². The standard InChI is InChI=1S/C18H25N3/c1-4-9-17-20-15-10-5-6-11-16(15)21(17)13-8-7-12-18(2,3)14-19/h5-6,10-11H,4,7-9,12-13H2,1-3H3. The van der Waals surface area contributed by atoms with Crippen molar-refractivity contribution >= 4 is 11.0 Å². The van der Waals surface area contributed by atoms with Crippen molar-refractivity contribution in [2.75, 3.05) is 0 Å². The van der Waals surface area contributed by atoms with Gasteiger partial charge in [0.25, 0.3) is 0 Å². The Balaban J connectivity index is 2.07. The Kier molecular flexibility index (Phi) is 5.01. The van der Waals surface area contributed by atoms with Crippen LogP contribution in [0.3, 0.4) is 0 Å². The summed E-state index contributed by atoms with van der Waals surface area (Å²) < 4.78 is 2.36. The lowest BCUT2D eigenvalue weighted by Gasteiger charge is -2.15. The summed E-state index contributed by atoms with van der Waals surface area (Å²) in [6.45, 7) is 7.22. The van der Waals surface area contributed by atoms with Crippen LogP contribution in [0.4, 0.5) is 0 Å². The van der Waals surface area contributed by atoms with Gasteiger partial charge in [0.2, 0.25) is 0 Å². The Labute approximate surface area is 127 Å². The minimum atomic E-state index is -0.205. The number of fused-ring (bicyclic) bond motifs is 1. The molecule has 0 bridgehead atoms. The van der Waals surface area contributed by atoms with Crippen molar-refractivity contribution in [2.24, 2.45) is 5.41 Å². The third kappa shape index (κ3) is 3.85. The minimum Gasteiger partial charge on any atom is -0.328 e. The minimum absolute atomic E-state index is 0.205. The largest absolute Gasteiger partial charge is 0.328 e. The van der Waals surface area contributed by atoms with Crippen LogP contribution in [-0.2, 0) is 13.0 Å². The van der Waals surface area contributed by atoms with Crippen LogP contribution in [0, 0.1) is 16.7 Å². The fourth-order valence-corrected chi connectivity index (χ4v) is 2.68. The summed E-state index contributed by atoms with van der Waals surface area (Å²) >= 11 is 0. The van der Waals surface area contributed by atoms with E-state index in [0.29, 0.717) is 0 Å². The zero-order valence-corrected chi connectivity index (χ0v) is 13.4. The molecule has 0 spiro atoms. The van der Waals surface area contributed by atoms with E-state index < -0.39 is 0 Å². The van der Waals surface area contributed by atoms with Crippen LogP contribution in [0.1, 0.15) is 52.3 Å². The highest BCUT2D eigenvalue weighted by Gasteiger charge is 2.16. The predicted molar refractivity (Wildman–Crippen MR) is 87.0 cm³/mol. The van der Waals surface area contributed by atoms with Gasteiger partial charge in [0.05, 0.1) is 22.5 Å². The molecular formula is C18H25N3. The van der Waals surface area contributed by atoms with Crippen LogP contribution in [0.25, 0.3) is 11.0 Å². The lowest BCUT2D eigenvalue weighted by molar-refractivity contribution is 0.416. The molecule has 0 aliphatic heterocycles. The van der Waals surface area contributed by atoms with Gasteiger partial charge in [-0.1, -0.05) is 25.5 Å². The number of hydrogen-bond donors (Lipinski definition) is 0. The molecule has 3 heteroatoms. The van der Waals surface area contributed by atoms with Crippen molar-refractivity contribution in [1.82, 2.24) is 9.55 Å². The monoisotopic (exact) mass is 283 g/mol. The van der Waals surface area contributed by atoms with Gasteiger partial charge >= 0.3 is 0 Å². The lowest BCUT2D eigenvalue weighted by Crippen LogP contribution is -2.09. The Morgan fingerprint density at radius 2 is 2.00 bits per heavy atom. The molecule has 112 valence electrons. The number of aryl methyl sites for hydroxylation is 2. The third-order valence-electron chi connectivity index (χ3n) is 3.94. The molecule has 0 amide bonds. The smallest absolute Gasteiger partial charge is 0.109 e. The number of aromatic nitrogens is 2. The van der Waals surface area contributed by atoms with Crippen LogP contribution in [0.5, 0.6) is 0 Å². The molecule has 0 saturated heterocycles. The average molecular weight is 283 g/mol. The quantitative estimate of drug-likeness (QED) is 0.691. The van der Waals surface area contributed by atoms with Crippen LogP contribution in [0.15, 0.2) is 24.3 Å². The number of hydrogen-bond acceptors (Lipinski definition) is 2. The summed E-state index contributed by atoms with van der Waals surface area (Å²) in [5, 5.41) is 9.07. The first-order valence-corrected chi connectivity index (χ1v) is 7.93. The maximum Gasteiger partial charge on any atom is 0.109 e. The molecule has 0 radical (unpaired) electrons. The molecule has 21 heavy (non-hydrogen) atoms. The second-order valence-corrected chi connectivity index (χ2v) is 6.37. The molecule has 1 aromatic heterocycles. The SMILES string of the molecule is CCCc1nc2ccccc2n1CCCCC(C)(C)C#N. The van der Waals surface area contributed by atoms with Crippen molar-refractivity contribution in [1.29, 1.82) is 5.26 Å². The topological polar surface area (TPSA) is 41.6 Å². The van der Waals surface area contributed by atoms with Crippen molar-refractivity contribution in [3.8, 4) is 6.07 Å². The van der Waals surface area contributed by atoms with Gasteiger partial charge in [-0.15, -0.1) is 0 Å². The van der Waals surface area contributed by atoms with Crippen LogP contribution in [0.2, 0.25) is 0 Å². The van der Waals surface area contributed by atoms with Crippen molar-refractivity contribution in [3.63, 3.8) is 0 Å². The zero-order valence-electron chi connectivity index (χ0n) is 13.4. The molecular weight excluding hydrogens is 258 g/mol. The molecule has 2 rings (SSSR count). The van der Waals surface area contributed by atoms with E-state index in [1.165, 1.54) is 11.3 Å². The first-order chi connectivity index (χ1) is 10.1. The van der Waals surface area contributed by atoms with Gasteiger partial charge in [0.1, 0.15) is 5.82 Å². The first-order valence-electron chi connectivity index (χ1n) is 7.93. The van der Waals surface area contributed by atoms with Crippen LogP contribution >= 0.6 is 0 Å². The molecule has 0 saturated carbocycles. The Hall–Kier alpha value is -1.82. The molecule has 1 heterocycles. The summed E-state index contributed by atoms with van der Waals surface area (Å²) in [5.41, 5.74) is 2.13. The van der Waals surface area contributed by atoms with E-state index in [4.69, 9.17) is 10.2 Å². The van der Waals surface area contributed by atoms with Crippen LogP contribution in [-0.4, -0.2) is 9.55 Å². The average Bonchev–Trinajstić information content (AvgIpc) is 2.82. The molecule has 0 unspecified atom stereocenters. The Morgan fingerprint density at radius 1 is 1.24 bits per heavy atom. The molecule has 3 nitrogen and oxygen atoms in total. The molecule has 0 aliphatic rings. The van der Waals surface area contributed by atoms with E-state index in [2.05, 4.69) is 35.8 Å². The van der Waals surface area contributed by atoms with Gasteiger partial charge in [-0.2, -0.15) is 5.26 Å². The zero-order chi connectivity index (χ0) is 15.3. The first kappa shape index (κ1) is 15.6. The summed E-state index contributed by atoms with van der Waals surface area (Å²) in [6, 6.07) is 10.7. The molecule has 0 N–H and O–H groups in total. The maximum absolute atomic E-state index is 9.07. The highest BCUT2D eigenvalue weighted by atomic mass is 15.1. The van der Waals surface area contributed by atoms with Crippen molar-refractivity contribution in [2.45, 2.75) is 59.4 Å². The number of benzene rings is 1. The highest BCUT2D eigenvalue weighted by Crippen LogP contribution is 2.23. The lowest BCUT2D eigenvalue weighted by atomic mass is 9.89. The molecule has 0 atom stereocenters. The summed E-state index contributed by atoms with van der Waals surface area (Å²) in [4.78, 5) is 4.76. The van der Waals surface area contributed by atoms with Gasteiger partial charge in [-0.3, -0.25) is 0 Å². The second-order valence-electron chi connectivity index (χ2n) is 6.37. The van der Waals surface area contributed by atoms with E-state index in [-0.39, 0.29) is 5.41 Å². The summed E-state index contributed by atoms with van der Waals surface area (Å²) in [5.74, 6) is 1.19. The second kappa shape index (κ2) is 6.76. The number of imidazole rings is 1. The Morgan fingerprint density at radius 3 is 2.71 bits per heavy atom. The van der Waals surface area contributed by atoms with Gasteiger partial charge in [-0.25, -0.2) is 4.98 Å². The summed E-state index contributed by atoms with van der Waals surface area (Å²) in [6.07, 6.45) is 5.28. The van der Waals surface area contributed by atoms with Gasteiger partial charge in [0.15, 0.2) is 0 Å². The normalized spacial score (nSPS) is 11.7. The van der Waals surface area contributed by atoms with Crippen molar-refractivity contribution < 1.29 is 0 Å². The highest BCUT2D eigenvalue weighted by molar-refractivity contribution is 5.75. The van der Waals surface area contributed by atoms with E-state index in [1.807, 2.05) is 19.9 Å². The number of rotatable bonds is 7. The van der Waals surface area contributed by atoms with Gasteiger partial charge < -0.3 is 4.57 Å². The van der Waals surface area contributed by atoms with Crippen molar-refractivity contribution in [3.05, 3.63) is 30.1 Å². The molecule has 0 aliphatic carbocycles. The number of para-hydroxylation sites is 2. The third-order valence-corrected chi connectivity index (χ3v) is 3.94. The number of nitriles is 1. The van der Waals surface area contributed by atoms with Crippen LogP contribution < -0.4 is 0 Å². The van der Waals surface area contributed by atoms with E-state index >= 15 is 0 Å². The van der Waals surface area contributed by atoms with Gasteiger partial charge in [0, 0.05) is 13.0 Å². The molecule has 1 aromatic carbocycles. The molecule has 2 aromatic rings. The van der Waals surface area contributed by atoms with Gasteiger partial charge in [-0.05, 0) is 45.2 Å². The molecule has 0 fully saturated rings. The van der Waals surface area contributed by atoms with E-state index in [1.54, 1.807) is 0 Å². The predicted octanol–water partition coefficient (Wildman–Crippen LogP) is 4.71.